The van der Waals surface area contributed by atoms with Crippen molar-refractivity contribution < 1.29 is 14.6 Å². The predicted molar refractivity (Wildman–Crippen MR) is 53.3 cm³/mol. The van der Waals surface area contributed by atoms with Gasteiger partial charge in [0, 0.05) is 19.1 Å². The van der Waals surface area contributed by atoms with Crippen molar-refractivity contribution in [3.8, 4) is 0 Å². The maximum absolute atomic E-state index is 10.2. The molecule has 0 aliphatic carbocycles. The molecule has 14 heavy (non-hydrogen) atoms. The summed E-state index contributed by atoms with van der Waals surface area (Å²) in [6, 6.07) is 0.480. The van der Waals surface area contributed by atoms with E-state index < -0.39 is 5.97 Å². The summed E-state index contributed by atoms with van der Waals surface area (Å²) in [6.45, 7) is 2.37. The van der Waals surface area contributed by atoms with E-state index in [4.69, 9.17) is 9.84 Å². The lowest BCUT2D eigenvalue weighted by molar-refractivity contribution is -0.137. The SMILES string of the molecule is O=C(O)CCCOCC1CCCCN1. The fraction of sp³-hybridized carbons (Fsp3) is 0.900. The van der Waals surface area contributed by atoms with Crippen LogP contribution in [0.5, 0.6) is 0 Å². The van der Waals surface area contributed by atoms with Gasteiger partial charge in [-0.25, -0.2) is 0 Å². The van der Waals surface area contributed by atoms with Crippen molar-refractivity contribution in [3.63, 3.8) is 0 Å². The first-order valence-electron chi connectivity index (χ1n) is 5.32. The summed E-state index contributed by atoms with van der Waals surface area (Å²) in [7, 11) is 0. The molecule has 1 fully saturated rings. The van der Waals surface area contributed by atoms with E-state index in [1.54, 1.807) is 0 Å². The molecule has 0 aromatic rings. The molecule has 1 unspecified atom stereocenters. The second kappa shape index (κ2) is 6.79. The first-order valence-corrected chi connectivity index (χ1v) is 5.32. The fourth-order valence-electron chi connectivity index (χ4n) is 1.62. The van der Waals surface area contributed by atoms with Gasteiger partial charge >= 0.3 is 5.97 Å². The molecule has 0 radical (unpaired) electrons. The van der Waals surface area contributed by atoms with Crippen LogP contribution in [-0.2, 0) is 9.53 Å². The number of hydrogen-bond acceptors (Lipinski definition) is 3. The summed E-state index contributed by atoms with van der Waals surface area (Å²) in [5.74, 6) is -0.746. The molecule has 4 nitrogen and oxygen atoms in total. The minimum absolute atomic E-state index is 0.206. The summed E-state index contributed by atoms with van der Waals surface area (Å²) in [5.41, 5.74) is 0. The Hall–Kier alpha value is -0.610. The van der Waals surface area contributed by atoms with Gasteiger partial charge in [0.2, 0.25) is 0 Å². The fourth-order valence-corrected chi connectivity index (χ4v) is 1.62. The monoisotopic (exact) mass is 201 g/mol. The number of aliphatic carboxylic acids is 1. The van der Waals surface area contributed by atoms with E-state index in [0.29, 0.717) is 19.1 Å². The van der Waals surface area contributed by atoms with Crippen LogP contribution in [0, 0.1) is 0 Å². The Morgan fingerprint density at radius 2 is 2.36 bits per heavy atom. The highest BCUT2D eigenvalue weighted by Crippen LogP contribution is 2.07. The summed E-state index contributed by atoms with van der Waals surface area (Å²) < 4.78 is 5.40. The van der Waals surface area contributed by atoms with Crippen LogP contribution in [0.4, 0.5) is 0 Å². The normalized spacial score (nSPS) is 22.1. The Morgan fingerprint density at radius 3 is 3.00 bits per heavy atom. The van der Waals surface area contributed by atoms with E-state index in [9.17, 15) is 4.79 Å². The molecule has 4 heteroatoms. The van der Waals surface area contributed by atoms with Crippen LogP contribution in [0.2, 0.25) is 0 Å². The molecule has 1 atom stereocenters. The third kappa shape index (κ3) is 5.19. The Morgan fingerprint density at radius 1 is 1.50 bits per heavy atom. The molecule has 1 aliphatic rings. The lowest BCUT2D eigenvalue weighted by atomic mass is 10.1. The number of carbonyl (C=O) groups is 1. The molecular formula is C10H19NO3. The van der Waals surface area contributed by atoms with Gasteiger partial charge in [0.15, 0.2) is 0 Å². The molecular weight excluding hydrogens is 182 g/mol. The Bertz CT molecular complexity index is 167. The number of rotatable bonds is 6. The van der Waals surface area contributed by atoms with Gasteiger partial charge in [0.25, 0.3) is 0 Å². The highest BCUT2D eigenvalue weighted by atomic mass is 16.5. The lowest BCUT2D eigenvalue weighted by Crippen LogP contribution is -2.37. The number of hydrogen-bond donors (Lipinski definition) is 2. The number of ether oxygens (including phenoxy) is 1. The van der Waals surface area contributed by atoms with E-state index in [1.165, 1.54) is 19.3 Å². The summed E-state index contributed by atoms with van der Waals surface area (Å²) >= 11 is 0. The Balaban J connectivity index is 1.90. The largest absolute Gasteiger partial charge is 0.481 e. The molecule has 0 amide bonds. The van der Waals surface area contributed by atoms with Crippen LogP contribution in [0.1, 0.15) is 32.1 Å². The van der Waals surface area contributed by atoms with Crippen molar-refractivity contribution in [2.45, 2.75) is 38.1 Å². The van der Waals surface area contributed by atoms with Crippen LogP contribution in [0.25, 0.3) is 0 Å². The van der Waals surface area contributed by atoms with Gasteiger partial charge in [0.1, 0.15) is 0 Å². The highest BCUT2D eigenvalue weighted by Gasteiger charge is 2.11. The first-order chi connectivity index (χ1) is 6.79. The molecule has 0 aromatic carbocycles. The van der Waals surface area contributed by atoms with Crippen molar-refractivity contribution >= 4 is 5.97 Å². The third-order valence-electron chi connectivity index (χ3n) is 2.41. The van der Waals surface area contributed by atoms with Crippen LogP contribution >= 0.6 is 0 Å². The number of piperidine rings is 1. The number of carboxylic acid groups (broad SMARTS) is 1. The van der Waals surface area contributed by atoms with Crippen molar-refractivity contribution in [3.05, 3.63) is 0 Å². The molecule has 0 aromatic heterocycles. The third-order valence-corrected chi connectivity index (χ3v) is 2.41. The van der Waals surface area contributed by atoms with E-state index in [1.807, 2.05) is 0 Å². The Labute approximate surface area is 84.6 Å². The number of nitrogens with one attached hydrogen (secondary N) is 1. The molecule has 0 spiro atoms. The van der Waals surface area contributed by atoms with Gasteiger partial charge < -0.3 is 15.2 Å². The second-order valence-corrected chi connectivity index (χ2v) is 3.72. The molecule has 2 N–H and O–H groups in total. The summed E-state index contributed by atoms with van der Waals surface area (Å²) in [4.78, 5) is 10.2. The van der Waals surface area contributed by atoms with E-state index in [2.05, 4.69) is 5.32 Å². The summed E-state index contributed by atoms with van der Waals surface area (Å²) in [5, 5.41) is 11.8. The molecule has 1 aliphatic heterocycles. The molecule has 0 bridgehead atoms. The van der Waals surface area contributed by atoms with Crippen LogP contribution in [-0.4, -0.2) is 36.9 Å². The maximum atomic E-state index is 10.2. The van der Waals surface area contributed by atoms with E-state index >= 15 is 0 Å². The smallest absolute Gasteiger partial charge is 0.303 e. The maximum Gasteiger partial charge on any atom is 0.303 e. The minimum atomic E-state index is -0.746. The first kappa shape index (κ1) is 11.5. The van der Waals surface area contributed by atoms with Gasteiger partial charge in [-0.3, -0.25) is 4.79 Å². The molecule has 1 saturated heterocycles. The van der Waals surface area contributed by atoms with Crippen LogP contribution in [0.3, 0.4) is 0 Å². The van der Waals surface area contributed by atoms with E-state index in [0.717, 1.165) is 13.2 Å². The van der Waals surface area contributed by atoms with Gasteiger partial charge in [-0.1, -0.05) is 6.42 Å². The van der Waals surface area contributed by atoms with Crippen LogP contribution < -0.4 is 5.32 Å². The molecule has 1 heterocycles. The average Bonchev–Trinajstić information content (AvgIpc) is 2.18. The zero-order valence-electron chi connectivity index (χ0n) is 8.50. The minimum Gasteiger partial charge on any atom is -0.481 e. The topological polar surface area (TPSA) is 58.6 Å². The lowest BCUT2D eigenvalue weighted by Gasteiger charge is -2.23. The standard InChI is InChI=1S/C10H19NO3/c12-10(13)5-3-7-14-8-9-4-1-2-6-11-9/h9,11H,1-8H2,(H,12,13). The van der Waals surface area contributed by atoms with Crippen molar-refractivity contribution in [2.75, 3.05) is 19.8 Å². The predicted octanol–water partition coefficient (Wildman–Crippen LogP) is 1.01. The summed E-state index contributed by atoms with van der Waals surface area (Å²) in [6.07, 6.45) is 4.53. The highest BCUT2D eigenvalue weighted by molar-refractivity contribution is 5.66. The van der Waals surface area contributed by atoms with E-state index in [-0.39, 0.29) is 6.42 Å². The number of carboxylic acids is 1. The quantitative estimate of drug-likeness (QED) is 0.630. The van der Waals surface area contributed by atoms with Gasteiger partial charge in [-0.2, -0.15) is 0 Å². The van der Waals surface area contributed by atoms with Gasteiger partial charge in [0.05, 0.1) is 6.61 Å². The second-order valence-electron chi connectivity index (χ2n) is 3.72. The van der Waals surface area contributed by atoms with Crippen molar-refractivity contribution in [1.82, 2.24) is 5.32 Å². The molecule has 1 rings (SSSR count). The van der Waals surface area contributed by atoms with Crippen LogP contribution in [0.15, 0.2) is 0 Å². The zero-order valence-corrected chi connectivity index (χ0v) is 8.50. The van der Waals surface area contributed by atoms with Gasteiger partial charge in [-0.05, 0) is 25.8 Å². The zero-order chi connectivity index (χ0) is 10.2. The average molecular weight is 201 g/mol. The van der Waals surface area contributed by atoms with Crippen molar-refractivity contribution in [2.24, 2.45) is 0 Å². The van der Waals surface area contributed by atoms with Crippen molar-refractivity contribution in [1.29, 1.82) is 0 Å². The molecule has 82 valence electrons. The van der Waals surface area contributed by atoms with Gasteiger partial charge in [-0.15, -0.1) is 0 Å². The molecule has 0 saturated carbocycles. The Kier molecular flexibility index (Phi) is 5.56.